The first-order valence-corrected chi connectivity index (χ1v) is 8.04. The minimum absolute atomic E-state index is 0.0702. The topological polar surface area (TPSA) is 58.9 Å². The lowest BCUT2D eigenvalue weighted by Crippen LogP contribution is -2.09. The van der Waals surface area contributed by atoms with E-state index in [0.29, 0.717) is 16.3 Å². The number of hydrogen-bond acceptors (Lipinski definition) is 4. The number of aliphatic hydroxyl groups excluding tert-OH is 1. The van der Waals surface area contributed by atoms with Gasteiger partial charge in [-0.25, -0.2) is 4.79 Å². The summed E-state index contributed by atoms with van der Waals surface area (Å²) in [6.45, 7) is 0. The maximum atomic E-state index is 11.9. The highest BCUT2D eigenvalue weighted by atomic mass is 127. The van der Waals surface area contributed by atoms with Gasteiger partial charge in [-0.3, -0.25) is 4.99 Å². The molecule has 0 radical (unpaired) electrons. The molecule has 0 aliphatic heterocycles. The predicted molar refractivity (Wildman–Crippen MR) is 100 cm³/mol. The molecule has 23 heavy (non-hydrogen) atoms. The Labute approximate surface area is 152 Å². The second kappa shape index (κ2) is 8.12. The highest BCUT2D eigenvalue weighted by Crippen LogP contribution is 2.24. The maximum absolute atomic E-state index is 11.9. The summed E-state index contributed by atoms with van der Waals surface area (Å²) in [6.07, 6.45) is 1.27. The Morgan fingerprint density at radius 3 is 2.48 bits per heavy atom. The summed E-state index contributed by atoms with van der Waals surface area (Å²) >= 11 is 8.24. The van der Waals surface area contributed by atoms with Crippen LogP contribution >= 0.6 is 34.2 Å². The molecule has 0 aliphatic rings. The van der Waals surface area contributed by atoms with Gasteiger partial charge in [0.1, 0.15) is 11.3 Å². The molecule has 0 heterocycles. The van der Waals surface area contributed by atoms with Crippen molar-refractivity contribution in [2.45, 2.75) is 0 Å². The average molecular weight is 442 g/mol. The van der Waals surface area contributed by atoms with E-state index < -0.39 is 5.97 Å². The summed E-state index contributed by atoms with van der Waals surface area (Å²) < 4.78 is 5.78. The van der Waals surface area contributed by atoms with Crippen molar-refractivity contribution in [3.63, 3.8) is 0 Å². The van der Waals surface area contributed by atoms with E-state index >= 15 is 0 Å². The summed E-state index contributed by atoms with van der Waals surface area (Å²) in [5.74, 6) is -0.978. The van der Waals surface area contributed by atoms with Crippen molar-refractivity contribution >= 4 is 57.8 Å². The first-order valence-electron chi connectivity index (χ1n) is 6.59. The Kier molecular flexibility index (Phi) is 6.18. The highest BCUT2D eigenvalue weighted by molar-refractivity contribution is 14.1. The smallest absolute Gasteiger partial charge is 0.343 e. The van der Waals surface area contributed by atoms with E-state index in [1.165, 1.54) is 13.3 Å². The summed E-state index contributed by atoms with van der Waals surface area (Å²) in [4.78, 5) is 16.1. The molecule has 2 aromatic carbocycles. The normalized spacial score (nSPS) is 12.1. The van der Waals surface area contributed by atoms with Crippen LogP contribution in [-0.2, 0) is 9.53 Å². The minimum Gasteiger partial charge on any atom is -0.506 e. The largest absolute Gasteiger partial charge is 0.506 e. The van der Waals surface area contributed by atoms with Gasteiger partial charge in [-0.15, -0.1) is 0 Å². The van der Waals surface area contributed by atoms with E-state index in [-0.39, 0.29) is 11.3 Å². The van der Waals surface area contributed by atoms with E-state index in [4.69, 9.17) is 16.3 Å². The first-order chi connectivity index (χ1) is 11.0. The van der Waals surface area contributed by atoms with Crippen LogP contribution in [0.2, 0.25) is 5.02 Å². The molecule has 4 nitrogen and oxygen atoms in total. The van der Waals surface area contributed by atoms with Gasteiger partial charge in [0.05, 0.1) is 17.8 Å². The number of ether oxygens (including phenoxy) is 1. The number of benzene rings is 2. The fourth-order valence-electron chi connectivity index (χ4n) is 1.79. The van der Waals surface area contributed by atoms with Gasteiger partial charge in [0, 0.05) is 15.3 Å². The lowest BCUT2D eigenvalue weighted by atomic mass is 10.1. The van der Waals surface area contributed by atoms with Crippen LogP contribution in [0.3, 0.4) is 0 Å². The van der Waals surface area contributed by atoms with E-state index in [2.05, 4.69) is 27.6 Å². The van der Waals surface area contributed by atoms with Crippen molar-refractivity contribution in [3.8, 4) is 0 Å². The number of aliphatic imine (C=N–C) groups is 1. The predicted octanol–water partition coefficient (Wildman–Crippen LogP) is 4.79. The van der Waals surface area contributed by atoms with Crippen molar-refractivity contribution in [2.75, 3.05) is 7.11 Å². The fourth-order valence-corrected chi connectivity index (χ4v) is 2.37. The minimum atomic E-state index is -0.698. The number of rotatable bonds is 4. The van der Waals surface area contributed by atoms with Gasteiger partial charge in [-0.2, -0.15) is 0 Å². The number of methoxy groups -OCH3 is 1. The van der Waals surface area contributed by atoms with Crippen LogP contribution in [0.4, 0.5) is 5.69 Å². The molecule has 0 amide bonds. The van der Waals surface area contributed by atoms with E-state index in [9.17, 15) is 9.90 Å². The SMILES string of the molecule is COC(=O)C(C=Nc1ccc(I)cc1)=C(O)c1ccccc1Cl. The molecule has 0 unspecified atom stereocenters. The summed E-state index contributed by atoms with van der Waals surface area (Å²) in [5.41, 5.74) is 0.918. The molecule has 0 spiro atoms. The zero-order valence-corrected chi connectivity index (χ0v) is 15.1. The molecule has 0 saturated carbocycles. The molecular formula is C17H13ClINO3. The first kappa shape index (κ1) is 17.5. The quantitative estimate of drug-likeness (QED) is 0.244. The van der Waals surface area contributed by atoms with Crippen LogP contribution in [0.25, 0.3) is 5.76 Å². The molecule has 0 atom stereocenters. The molecular weight excluding hydrogens is 429 g/mol. The van der Waals surface area contributed by atoms with Crippen molar-refractivity contribution < 1.29 is 14.6 Å². The molecule has 0 fully saturated rings. The number of carbonyl (C=O) groups is 1. The van der Waals surface area contributed by atoms with Crippen LogP contribution in [0, 0.1) is 3.57 Å². The van der Waals surface area contributed by atoms with Crippen molar-refractivity contribution in [1.29, 1.82) is 0 Å². The van der Waals surface area contributed by atoms with Gasteiger partial charge in [0.2, 0.25) is 0 Å². The third-order valence-electron chi connectivity index (χ3n) is 2.96. The molecule has 0 aliphatic carbocycles. The lowest BCUT2D eigenvalue weighted by Gasteiger charge is -2.07. The average Bonchev–Trinajstić information content (AvgIpc) is 2.56. The van der Waals surface area contributed by atoms with Gasteiger partial charge in [0.15, 0.2) is 0 Å². The molecule has 2 aromatic rings. The number of nitrogens with zero attached hydrogens (tertiary/aromatic N) is 1. The second-order valence-electron chi connectivity index (χ2n) is 4.47. The van der Waals surface area contributed by atoms with Crippen molar-refractivity contribution in [1.82, 2.24) is 0 Å². The highest BCUT2D eigenvalue weighted by Gasteiger charge is 2.17. The second-order valence-corrected chi connectivity index (χ2v) is 6.12. The standard InChI is InChI=1S/C17H13ClINO3/c1-23-17(22)14(10-20-12-8-6-11(19)7-9-12)16(21)13-4-2-3-5-15(13)18/h2-10,21H,1H3. The van der Waals surface area contributed by atoms with E-state index in [1.54, 1.807) is 36.4 Å². The zero-order chi connectivity index (χ0) is 16.8. The van der Waals surface area contributed by atoms with Crippen molar-refractivity contribution in [3.05, 3.63) is 68.3 Å². The Morgan fingerprint density at radius 1 is 1.22 bits per heavy atom. The molecule has 118 valence electrons. The van der Waals surface area contributed by atoms with Crippen LogP contribution < -0.4 is 0 Å². The monoisotopic (exact) mass is 441 g/mol. The third-order valence-corrected chi connectivity index (χ3v) is 4.01. The Hall–Kier alpha value is -1.86. The molecule has 0 bridgehead atoms. The van der Waals surface area contributed by atoms with Gasteiger partial charge in [-0.05, 0) is 59.0 Å². The molecule has 2 rings (SSSR count). The Bertz CT molecular complexity index is 770. The van der Waals surface area contributed by atoms with Gasteiger partial charge in [0.25, 0.3) is 0 Å². The van der Waals surface area contributed by atoms with Gasteiger partial charge in [-0.1, -0.05) is 23.7 Å². The Morgan fingerprint density at radius 2 is 1.87 bits per heavy atom. The van der Waals surface area contributed by atoms with Crippen molar-refractivity contribution in [2.24, 2.45) is 4.99 Å². The number of carbonyl (C=O) groups excluding carboxylic acids is 1. The lowest BCUT2D eigenvalue weighted by molar-refractivity contribution is -0.135. The van der Waals surface area contributed by atoms with Crippen LogP contribution in [0.15, 0.2) is 59.1 Å². The summed E-state index contributed by atoms with van der Waals surface area (Å²) in [5, 5.41) is 10.7. The fraction of sp³-hybridized carbons (Fsp3) is 0.0588. The summed E-state index contributed by atoms with van der Waals surface area (Å²) in [6, 6.07) is 14.1. The zero-order valence-electron chi connectivity index (χ0n) is 12.2. The third kappa shape index (κ3) is 4.56. The van der Waals surface area contributed by atoms with E-state index in [0.717, 1.165) is 3.57 Å². The molecule has 0 aromatic heterocycles. The van der Waals surface area contributed by atoms with Gasteiger partial charge < -0.3 is 9.84 Å². The molecule has 1 N–H and O–H groups in total. The van der Waals surface area contributed by atoms with Crippen LogP contribution in [-0.4, -0.2) is 24.4 Å². The van der Waals surface area contributed by atoms with E-state index in [1.807, 2.05) is 12.1 Å². The molecule has 0 saturated heterocycles. The number of esters is 1. The maximum Gasteiger partial charge on any atom is 0.343 e. The van der Waals surface area contributed by atoms with Crippen LogP contribution in [0.5, 0.6) is 0 Å². The molecule has 6 heteroatoms. The number of hydrogen-bond donors (Lipinski definition) is 1. The number of halogens is 2. The number of aliphatic hydroxyl groups is 1. The van der Waals surface area contributed by atoms with Crippen LogP contribution in [0.1, 0.15) is 5.56 Å². The van der Waals surface area contributed by atoms with Gasteiger partial charge >= 0.3 is 5.97 Å². The Balaban J connectivity index is 2.45. The summed E-state index contributed by atoms with van der Waals surface area (Å²) in [7, 11) is 1.24.